The maximum Gasteiger partial charge on any atom is 0.241 e. The Hall–Kier alpha value is -2.57. The van der Waals surface area contributed by atoms with Crippen molar-refractivity contribution in [2.45, 2.75) is 0 Å². The van der Waals surface area contributed by atoms with Crippen LogP contribution in [-0.2, 0) is 7.05 Å². The summed E-state index contributed by atoms with van der Waals surface area (Å²) in [5.74, 6) is 0.392. The number of amidine groups is 1. The fourth-order valence-corrected chi connectivity index (χ4v) is 1.13. The van der Waals surface area contributed by atoms with Crippen molar-refractivity contribution in [3.8, 4) is 0 Å². The maximum atomic E-state index is 5.63. The van der Waals surface area contributed by atoms with Crippen molar-refractivity contribution in [3.05, 3.63) is 41.7 Å². The van der Waals surface area contributed by atoms with Gasteiger partial charge >= 0.3 is 0 Å². The van der Waals surface area contributed by atoms with Gasteiger partial charge in [0.05, 0.1) is 13.3 Å². The molecule has 0 atom stereocenters. The first-order valence-corrected chi connectivity index (χ1v) is 4.91. The van der Waals surface area contributed by atoms with Crippen molar-refractivity contribution in [1.82, 2.24) is 20.2 Å². The number of nitrogens with zero attached hydrogens (tertiary/aromatic N) is 6. The minimum absolute atomic E-state index is 0.130. The number of aryl methyl sites for hydroxylation is 1. The third-order valence-electron chi connectivity index (χ3n) is 1.91. The van der Waals surface area contributed by atoms with Gasteiger partial charge in [-0.25, -0.2) is 0 Å². The van der Waals surface area contributed by atoms with Crippen LogP contribution in [0, 0.1) is 0 Å². The minimum Gasteiger partial charge on any atom is -0.379 e. The second-order valence-electron chi connectivity index (χ2n) is 3.24. The van der Waals surface area contributed by atoms with Crippen LogP contribution in [0.2, 0.25) is 0 Å². The third-order valence-corrected chi connectivity index (χ3v) is 1.91. The predicted molar refractivity (Wildman–Crippen MR) is 63.6 cm³/mol. The summed E-state index contributed by atoms with van der Waals surface area (Å²) in [4.78, 5) is 1.30. The van der Waals surface area contributed by atoms with Gasteiger partial charge < -0.3 is 5.73 Å². The first-order chi connectivity index (χ1) is 8.25. The summed E-state index contributed by atoms with van der Waals surface area (Å²) in [5.41, 5.74) is 6.57. The number of benzene rings is 1. The van der Waals surface area contributed by atoms with E-state index in [1.807, 2.05) is 30.3 Å². The minimum atomic E-state index is 0.130. The van der Waals surface area contributed by atoms with Gasteiger partial charge in [-0.15, -0.1) is 15.3 Å². The summed E-state index contributed by atoms with van der Waals surface area (Å²) < 4.78 is 0. The number of tetrazole rings is 1. The Morgan fingerprint density at radius 2 is 2.12 bits per heavy atom. The van der Waals surface area contributed by atoms with Crippen LogP contribution in [-0.4, -0.2) is 32.3 Å². The molecule has 0 radical (unpaired) electrons. The molecule has 0 aliphatic heterocycles. The largest absolute Gasteiger partial charge is 0.379 e. The summed E-state index contributed by atoms with van der Waals surface area (Å²) in [6.07, 6.45) is 1.60. The molecule has 0 bridgehead atoms. The summed E-state index contributed by atoms with van der Waals surface area (Å²) in [6.45, 7) is 0. The van der Waals surface area contributed by atoms with E-state index in [0.29, 0.717) is 0 Å². The van der Waals surface area contributed by atoms with E-state index in [0.717, 1.165) is 5.56 Å². The van der Waals surface area contributed by atoms with Crippen LogP contribution >= 0.6 is 0 Å². The van der Waals surface area contributed by atoms with Crippen molar-refractivity contribution in [2.24, 2.45) is 23.0 Å². The van der Waals surface area contributed by atoms with Crippen molar-refractivity contribution >= 4 is 12.1 Å². The van der Waals surface area contributed by atoms with Crippen LogP contribution in [0.1, 0.15) is 11.4 Å². The zero-order valence-electron chi connectivity index (χ0n) is 9.22. The lowest BCUT2D eigenvalue weighted by atomic mass is 10.2. The highest BCUT2D eigenvalue weighted by Gasteiger charge is 2.04. The Balaban J connectivity index is 2.08. The van der Waals surface area contributed by atoms with Crippen LogP contribution < -0.4 is 5.73 Å². The van der Waals surface area contributed by atoms with Crippen LogP contribution in [0.15, 0.2) is 40.5 Å². The Bertz CT molecular complexity index is 541. The van der Waals surface area contributed by atoms with E-state index >= 15 is 0 Å². The Morgan fingerprint density at radius 3 is 2.76 bits per heavy atom. The average molecular weight is 229 g/mol. The SMILES string of the molecule is Cn1nnc(/C(N)=N/N=Cc2ccccc2)n1. The summed E-state index contributed by atoms with van der Waals surface area (Å²) in [5, 5.41) is 18.9. The van der Waals surface area contributed by atoms with E-state index in [9.17, 15) is 0 Å². The standard InChI is InChI=1S/C10H11N7/c1-17-15-10(14-16-17)9(11)13-12-7-8-5-3-2-4-6-8/h2-7H,1H3,(H2,11,13). The lowest BCUT2D eigenvalue weighted by Crippen LogP contribution is -2.15. The monoisotopic (exact) mass is 229 g/mol. The van der Waals surface area contributed by atoms with Crippen molar-refractivity contribution in [2.75, 3.05) is 0 Å². The zero-order chi connectivity index (χ0) is 12.1. The normalized spacial score (nSPS) is 12.2. The van der Waals surface area contributed by atoms with Gasteiger partial charge in [0, 0.05) is 0 Å². The van der Waals surface area contributed by atoms with Crippen LogP contribution in [0.25, 0.3) is 0 Å². The Kier molecular flexibility index (Phi) is 3.20. The molecule has 7 nitrogen and oxygen atoms in total. The van der Waals surface area contributed by atoms with E-state index in [1.165, 1.54) is 4.80 Å². The zero-order valence-corrected chi connectivity index (χ0v) is 9.22. The van der Waals surface area contributed by atoms with E-state index in [2.05, 4.69) is 25.6 Å². The van der Waals surface area contributed by atoms with Gasteiger partial charge in [0.15, 0.2) is 5.84 Å². The molecule has 1 aromatic heterocycles. The van der Waals surface area contributed by atoms with Crippen molar-refractivity contribution in [3.63, 3.8) is 0 Å². The molecule has 1 aromatic carbocycles. The molecule has 2 aromatic rings. The topological polar surface area (TPSA) is 94.3 Å². The third kappa shape index (κ3) is 2.94. The lowest BCUT2D eigenvalue weighted by molar-refractivity contribution is 0.629. The number of nitrogens with two attached hydrogens (primary N) is 1. The highest BCUT2D eigenvalue weighted by molar-refractivity contribution is 5.94. The molecule has 0 fully saturated rings. The smallest absolute Gasteiger partial charge is 0.241 e. The van der Waals surface area contributed by atoms with Gasteiger partial charge in [0.2, 0.25) is 5.82 Å². The van der Waals surface area contributed by atoms with Gasteiger partial charge in [-0.2, -0.15) is 9.90 Å². The first kappa shape index (κ1) is 10.9. The van der Waals surface area contributed by atoms with E-state index in [4.69, 9.17) is 5.73 Å². The molecule has 0 aliphatic rings. The number of aromatic nitrogens is 4. The molecule has 0 aliphatic carbocycles. The van der Waals surface area contributed by atoms with E-state index in [1.54, 1.807) is 13.3 Å². The molecule has 0 amide bonds. The summed E-state index contributed by atoms with van der Waals surface area (Å²) in [7, 11) is 1.65. The summed E-state index contributed by atoms with van der Waals surface area (Å²) >= 11 is 0. The quantitative estimate of drug-likeness (QED) is 0.453. The van der Waals surface area contributed by atoms with Gasteiger partial charge in [-0.3, -0.25) is 0 Å². The van der Waals surface area contributed by atoms with Gasteiger partial charge in [-0.05, 0) is 10.8 Å². The molecule has 7 heteroatoms. The maximum absolute atomic E-state index is 5.63. The summed E-state index contributed by atoms with van der Waals surface area (Å²) in [6, 6.07) is 9.58. The molecule has 0 saturated carbocycles. The molecule has 86 valence electrons. The van der Waals surface area contributed by atoms with Crippen molar-refractivity contribution in [1.29, 1.82) is 0 Å². The van der Waals surface area contributed by atoms with Crippen molar-refractivity contribution < 1.29 is 0 Å². The molecule has 17 heavy (non-hydrogen) atoms. The average Bonchev–Trinajstić information content (AvgIpc) is 2.77. The fourth-order valence-electron chi connectivity index (χ4n) is 1.13. The number of hydrogen-bond acceptors (Lipinski definition) is 5. The molecule has 0 saturated heterocycles. The highest BCUT2D eigenvalue weighted by atomic mass is 15.6. The van der Waals surface area contributed by atoms with Gasteiger partial charge in [0.25, 0.3) is 0 Å². The molecular weight excluding hydrogens is 218 g/mol. The van der Waals surface area contributed by atoms with Crippen LogP contribution in [0.3, 0.4) is 0 Å². The second-order valence-corrected chi connectivity index (χ2v) is 3.24. The number of rotatable bonds is 3. The van der Waals surface area contributed by atoms with Gasteiger partial charge in [0.1, 0.15) is 0 Å². The van der Waals surface area contributed by atoms with Crippen LogP contribution in [0.5, 0.6) is 0 Å². The molecule has 2 rings (SSSR count). The molecule has 0 unspecified atom stereocenters. The second kappa shape index (κ2) is 4.97. The Labute approximate surface area is 97.7 Å². The predicted octanol–water partition coefficient (Wildman–Crippen LogP) is -0.0505. The molecule has 1 heterocycles. The fraction of sp³-hybridized carbons (Fsp3) is 0.100. The van der Waals surface area contributed by atoms with E-state index in [-0.39, 0.29) is 11.7 Å². The van der Waals surface area contributed by atoms with Gasteiger partial charge in [-0.1, -0.05) is 30.3 Å². The lowest BCUT2D eigenvalue weighted by Gasteiger charge is -1.90. The first-order valence-electron chi connectivity index (χ1n) is 4.91. The number of hydrogen-bond donors (Lipinski definition) is 1. The Morgan fingerprint density at radius 1 is 1.35 bits per heavy atom. The van der Waals surface area contributed by atoms with E-state index < -0.39 is 0 Å². The highest BCUT2D eigenvalue weighted by Crippen LogP contribution is 1.94. The molecular formula is C10H11N7. The van der Waals surface area contributed by atoms with Crippen LogP contribution in [0.4, 0.5) is 0 Å². The molecule has 2 N–H and O–H groups in total. The molecule has 0 spiro atoms.